The molecule has 0 aliphatic heterocycles. The van der Waals surface area contributed by atoms with Gasteiger partial charge in [-0.3, -0.25) is 4.98 Å². The standard InChI is InChI=1S/C16H16N2O/c1-12-5-4-7-14(18-12)10-17-11-15-9-13-6-2-3-8-16(13)19-15/h2-9,17H,10-11H2,1H3. The Morgan fingerprint density at radius 3 is 2.79 bits per heavy atom. The van der Waals surface area contributed by atoms with Crippen molar-refractivity contribution in [1.82, 2.24) is 10.3 Å². The van der Waals surface area contributed by atoms with E-state index in [1.807, 2.05) is 43.3 Å². The van der Waals surface area contributed by atoms with E-state index in [-0.39, 0.29) is 0 Å². The maximum atomic E-state index is 5.75. The highest BCUT2D eigenvalue weighted by Crippen LogP contribution is 2.18. The van der Waals surface area contributed by atoms with Crippen molar-refractivity contribution < 1.29 is 4.42 Å². The molecule has 0 saturated heterocycles. The van der Waals surface area contributed by atoms with Crippen LogP contribution in [0.5, 0.6) is 0 Å². The summed E-state index contributed by atoms with van der Waals surface area (Å²) in [5.41, 5.74) is 3.03. The van der Waals surface area contributed by atoms with Crippen molar-refractivity contribution in [2.45, 2.75) is 20.0 Å². The smallest absolute Gasteiger partial charge is 0.134 e. The second kappa shape index (κ2) is 5.24. The Labute approximate surface area is 112 Å². The first-order valence-corrected chi connectivity index (χ1v) is 6.42. The molecule has 3 heteroatoms. The van der Waals surface area contributed by atoms with E-state index in [1.54, 1.807) is 0 Å². The topological polar surface area (TPSA) is 38.1 Å². The third-order valence-electron chi connectivity index (χ3n) is 3.03. The van der Waals surface area contributed by atoms with Crippen molar-refractivity contribution in [3.8, 4) is 0 Å². The Morgan fingerprint density at radius 1 is 1.05 bits per heavy atom. The fourth-order valence-corrected chi connectivity index (χ4v) is 2.14. The molecule has 0 fully saturated rings. The van der Waals surface area contributed by atoms with Gasteiger partial charge in [0.25, 0.3) is 0 Å². The molecule has 0 amide bonds. The van der Waals surface area contributed by atoms with Crippen LogP contribution in [0.3, 0.4) is 0 Å². The van der Waals surface area contributed by atoms with Gasteiger partial charge in [0, 0.05) is 17.6 Å². The van der Waals surface area contributed by atoms with Gasteiger partial charge in [-0.05, 0) is 31.2 Å². The molecule has 0 spiro atoms. The monoisotopic (exact) mass is 252 g/mol. The molecule has 0 aliphatic rings. The average molecular weight is 252 g/mol. The summed E-state index contributed by atoms with van der Waals surface area (Å²) in [7, 11) is 0. The van der Waals surface area contributed by atoms with Crippen LogP contribution in [-0.2, 0) is 13.1 Å². The molecule has 3 nitrogen and oxygen atoms in total. The first kappa shape index (κ1) is 11.9. The molecular weight excluding hydrogens is 236 g/mol. The third-order valence-corrected chi connectivity index (χ3v) is 3.03. The summed E-state index contributed by atoms with van der Waals surface area (Å²) in [6, 6.07) is 16.2. The number of pyridine rings is 1. The van der Waals surface area contributed by atoms with Gasteiger partial charge in [0.15, 0.2) is 0 Å². The molecule has 0 saturated carbocycles. The fourth-order valence-electron chi connectivity index (χ4n) is 2.14. The van der Waals surface area contributed by atoms with Gasteiger partial charge in [0.05, 0.1) is 12.2 Å². The molecule has 0 atom stereocenters. The van der Waals surface area contributed by atoms with Gasteiger partial charge in [-0.25, -0.2) is 0 Å². The summed E-state index contributed by atoms with van der Waals surface area (Å²) >= 11 is 0. The summed E-state index contributed by atoms with van der Waals surface area (Å²) in [5.74, 6) is 0.953. The molecule has 2 aromatic heterocycles. The van der Waals surface area contributed by atoms with Crippen LogP contribution < -0.4 is 5.32 Å². The minimum absolute atomic E-state index is 0.713. The van der Waals surface area contributed by atoms with E-state index >= 15 is 0 Å². The zero-order chi connectivity index (χ0) is 13.1. The molecule has 0 radical (unpaired) electrons. The molecule has 0 aliphatic carbocycles. The van der Waals surface area contributed by atoms with Gasteiger partial charge >= 0.3 is 0 Å². The molecule has 0 unspecified atom stereocenters. The number of benzene rings is 1. The van der Waals surface area contributed by atoms with E-state index < -0.39 is 0 Å². The van der Waals surface area contributed by atoms with Crippen LogP contribution in [0.1, 0.15) is 17.1 Å². The van der Waals surface area contributed by atoms with Crippen molar-refractivity contribution >= 4 is 11.0 Å². The van der Waals surface area contributed by atoms with Gasteiger partial charge in [-0.1, -0.05) is 24.3 Å². The average Bonchev–Trinajstić information content (AvgIpc) is 2.81. The molecule has 0 bridgehead atoms. The third kappa shape index (κ3) is 2.83. The highest BCUT2D eigenvalue weighted by Gasteiger charge is 2.02. The Kier molecular flexibility index (Phi) is 3.29. The second-order valence-corrected chi connectivity index (χ2v) is 4.62. The van der Waals surface area contributed by atoms with Gasteiger partial charge in [-0.2, -0.15) is 0 Å². The van der Waals surface area contributed by atoms with Gasteiger partial charge in [0.2, 0.25) is 0 Å². The highest BCUT2D eigenvalue weighted by molar-refractivity contribution is 5.77. The molecule has 1 aromatic carbocycles. The van der Waals surface area contributed by atoms with Crippen molar-refractivity contribution in [2.75, 3.05) is 0 Å². The predicted octanol–water partition coefficient (Wildman–Crippen LogP) is 3.43. The molecular formula is C16H16N2O. The Bertz CT molecular complexity index is 655. The van der Waals surface area contributed by atoms with Crippen LogP contribution in [-0.4, -0.2) is 4.98 Å². The number of aromatic nitrogens is 1. The number of rotatable bonds is 4. The number of para-hydroxylation sites is 1. The number of hydrogen-bond donors (Lipinski definition) is 1. The maximum Gasteiger partial charge on any atom is 0.134 e. The van der Waals surface area contributed by atoms with E-state index in [0.29, 0.717) is 6.54 Å². The lowest BCUT2D eigenvalue weighted by Crippen LogP contribution is -2.13. The van der Waals surface area contributed by atoms with Crippen LogP contribution in [0, 0.1) is 6.92 Å². The molecule has 1 N–H and O–H groups in total. The van der Waals surface area contributed by atoms with Gasteiger partial charge < -0.3 is 9.73 Å². The summed E-state index contributed by atoms with van der Waals surface area (Å²) in [4.78, 5) is 4.45. The van der Waals surface area contributed by atoms with Crippen LogP contribution >= 0.6 is 0 Å². The summed E-state index contributed by atoms with van der Waals surface area (Å²) in [5, 5.41) is 4.50. The number of aryl methyl sites for hydroxylation is 1. The minimum atomic E-state index is 0.713. The molecule has 2 heterocycles. The Morgan fingerprint density at radius 2 is 1.95 bits per heavy atom. The van der Waals surface area contributed by atoms with E-state index in [9.17, 15) is 0 Å². The number of fused-ring (bicyclic) bond motifs is 1. The van der Waals surface area contributed by atoms with Crippen LogP contribution in [0.25, 0.3) is 11.0 Å². The Balaban J connectivity index is 1.63. The van der Waals surface area contributed by atoms with Crippen molar-refractivity contribution in [1.29, 1.82) is 0 Å². The van der Waals surface area contributed by atoms with Crippen LogP contribution in [0.15, 0.2) is 52.9 Å². The van der Waals surface area contributed by atoms with Crippen molar-refractivity contribution in [2.24, 2.45) is 0 Å². The van der Waals surface area contributed by atoms with E-state index in [0.717, 1.165) is 34.7 Å². The van der Waals surface area contributed by atoms with Crippen LogP contribution in [0.4, 0.5) is 0 Å². The normalized spacial score (nSPS) is 11.0. The summed E-state index contributed by atoms with van der Waals surface area (Å²) in [6.07, 6.45) is 0. The molecule has 3 rings (SSSR count). The fraction of sp³-hybridized carbons (Fsp3) is 0.188. The van der Waals surface area contributed by atoms with E-state index in [4.69, 9.17) is 4.42 Å². The minimum Gasteiger partial charge on any atom is -0.460 e. The lowest BCUT2D eigenvalue weighted by Gasteiger charge is -2.02. The van der Waals surface area contributed by atoms with Crippen molar-refractivity contribution in [3.63, 3.8) is 0 Å². The zero-order valence-corrected chi connectivity index (χ0v) is 10.9. The SMILES string of the molecule is Cc1cccc(CNCc2cc3ccccc3o2)n1. The molecule has 96 valence electrons. The first-order chi connectivity index (χ1) is 9.31. The summed E-state index contributed by atoms with van der Waals surface area (Å²) < 4.78 is 5.75. The lowest BCUT2D eigenvalue weighted by molar-refractivity contribution is 0.512. The lowest BCUT2D eigenvalue weighted by atomic mass is 10.2. The number of nitrogens with zero attached hydrogens (tertiary/aromatic N) is 1. The summed E-state index contributed by atoms with van der Waals surface area (Å²) in [6.45, 7) is 3.46. The van der Waals surface area contributed by atoms with E-state index in [1.165, 1.54) is 0 Å². The Hall–Kier alpha value is -2.13. The zero-order valence-electron chi connectivity index (χ0n) is 10.9. The number of hydrogen-bond acceptors (Lipinski definition) is 3. The maximum absolute atomic E-state index is 5.75. The number of nitrogens with one attached hydrogen (secondary N) is 1. The largest absolute Gasteiger partial charge is 0.460 e. The van der Waals surface area contributed by atoms with Gasteiger partial charge in [-0.15, -0.1) is 0 Å². The van der Waals surface area contributed by atoms with E-state index in [2.05, 4.69) is 22.4 Å². The quantitative estimate of drug-likeness (QED) is 0.773. The highest BCUT2D eigenvalue weighted by atomic mass is 16.3. The second-order valence-electron chi connectivity index (χ2n) is 4.62. The molecule has 3 aromatic rings. The predicted molar refractivity (Wildman–Crippen MR) is 75.7 cm³/mol. The van der Waals surface area contributed by atoms with Crippen LogP contribution in [0.2, 0.25) is 0 Å². The van der Waals surface area contributed by atoms with Gasteiger partial charge in [0.1, 0.15) is 11.3 Å². The first-order valence-electron chi connectivity index (χ1n) is 6.42. The number of furan rings is 1. The molecule has 19 heavy (non-hydrogen) atoms. The van der Waals surface area contributed by atoms with Crippen molar-refractivity contribution in [3.05, 3.63) is 65.7 Å².